The maximum atomic E-state index is 12.5. The van der Waals surface area contributed by atoms with Crippen LogP contribution < -0.4 is 9.47 Å². The number of carbonyl (C=O) groups excluding carboxylic acids is 1. The molecule has 2 aromatic carbocycles. The number of methoxy groups -OCH3 is 1. The Morgan fingerprint density at radius 1 is 1.31 bits per heavy atom. The van der Waals surface area contributed by atoms with Crippen molar-refractivity contribution in [1.29, 1.82) is 0 Å². The van der Waals surface area contributed by atoms with Gasteiger partial charge in [-0.1, -0.05) is 30.7 Å². The van der Waals surface area contributed by atoms with Crippen molar-refractivity contribution in [2.45, 2.75) is 19.9 Å². The van der Waals surface area contributed by atoms with Crippen LogP contribution in [0.4, 0.5) is 0 Å². The van der Waals surface area contributed by atoms with Crippen molar-refractivity contribution in [3.63, 3.8) is 0 Å². The molecule has 0 aliphatic carbocycles. The van der Waals surface area contributed by atoms with Gasteiger partial charge in [0.15, 0.2) is 11.5 Å². The van der Waals surface area contributed by atoms with Crippen LogP contribution in [0.15, 0.2) is 42.5 Å². The lowest BCUT2D eigenvalue weighted by molar-refractivity contribution is -0.125. The number of halogens is 1. The highest BCUT2D eigenvalue weighted by Crippen LogP contribution is 2.37. The normalized spacial score (nSPS) is 11.2. The van der Waals surface area contributed by atoms with Gasteiger partial charge in [0.1, 0.15) is 5.01 Å². The Hall–Kier alpha value is -2.57. The van der Waals surface area contributed by atoms with Crippen LogP contribution in [0.1, 0.15) is 23.9 Å². The second-order valence-electron chi connectivity index (χ2n) is 6.49. The van der Waals surface area contributed by atoms with E-state index in [1.165, 1.54) is 6.08 Å². The summed E-state index contributed by atoms with van der Waals surface area (Å²) in [5.41, 5.74) is 1.72. The van der Waals surface area contributed by atoms with Gasteiger partial charge in [0.05, 0.1) is 35.5 Å². The third-order valence-electron chi connectivity index (χ3n) is 4.21. The minimum Gasteiger partial charge on any atom is -0.493 e. The highest BCUT2D eigenvalue weighted by atomic mass is 35.5. The van der Waals surface area contributed by atoms with Crippen LogP contribution in [0.5, 0.6) is 11.5 Å². The molecule has 7 heteroatoms. The molecule has 3 aromatic rings. The fourth-order valence-corrected chi connectivity index (χ4v) is 4.04. The van der Waals surface area contributed by atoms with Gasteiger partial charge in [0, 0.05) is 13.1 Å². The number of hydrogen-bond donors (Lipinski definition) is 0. The molecule has 0 saturated heterocycles. The Bertz CT molecular complexity index is 999. The molecule has 0 fully saturated rings. The quantitative estimate of drug-likeness (QED) is 0.448. The number of rotatable bonds is 8. The fourth-order valence-electron chi connectivity index (χ4n) is 2.74. The van der Waals surface area contributed by atoms with E-state index >= 15 is 0 Å². The summed E-state index contributed by atoms with van der Waals surface area (Å²) in [5.74, 6) is 0.944. The van der Waals surface area contributed by atoms with Crippen LogP contribution in [0.25, 0.3) is 16.3 Å². The average molecular weight is 431 g/mol. The van der Waals surface area contributed by atoms with Crippen molar-refractivity contribution in [3.05, 3.63) is 58.1 Å². The molecule has 3 rings (SSSR count). The maximum absolute atomic E-state index is 12.5. The van der Waals surface area contributed by atoms with Crippen molar-refractivity contribution in [2.24, 2.45) is 0 Å². The summed E-state index contributed by atoms with van der Waals surface area (Å²) >= 11 is 7.93. The van der Waals surface area contributed by atoms with Gasteiger partial charge >= 0.3 is 0 Å². The average Bonchev–Trinajstić information content (AvgIpc) is 3.12. The number of likely N-dealkylation sites (N-methyl/N-ethyl adjacent to an activating group) is 1. The zero-order chi connectivity index (χ0) is 20.8. The maximum Gasteiger partial charge on any atom is 0.246 e. The Morgan fingerprint density at radius 3 is 2.83 bits per heavy atom. The molecule has 29 heavy (non-hydrogen) atoms. The van der Waals surface area contributed by atoms with Crippen molar-refractivity contribution in [3.8, 4) is 11.5 Å². The predicted molar refractivity (Wildman–Crippen MR) is 119 cm³/mol. The van der Waals surface area contributed by atoms with Crippen LogP contribution in [0, 0.1) is 0 Å². The summed E-state index contributed by atoms with van der Waals surface area (Å²) in [6, 6.07) is 11.5. The number of nitrogens with zero attached hydrogens (tertiary/aromatic N) is 2. The van der Waals surface area contributed by atoms with E-state index in [1.807, 2.05) is 31.2 Å². The Balaban J connectivity index is 1.69. The zero-order valence-electron chi connectivity index (χ0n) is 16.6. The van der Waals surface area contributed by atoms with Crippen molar-refractivity contribution < 1.29 is 14.3 Å². The van der Waals surface area contributed by atoms with Gasteiger partial charge in [-0.3, -0.25) is 4.79 Å². The van der Waals surface area contributed by atoms with Gasteiger partial charge in [-0.2, -0.15) is 0 Å². The van der Waals surface area contributed by atoms with Gasteiger partial charge in [-0.15, -0.1) is 11.3 Å². The van der Waals surface area contributed by atoms with Crippen molar-refractivity contribution >= 4 is 45.1 Å². The lowest BCUT2D eigenvalue weighted by Gasteiger charge is -2.14. The molecule has 1 aromatic heterocycles. The van der Waals surface area contributed by atoms with Gasteiger partial charge in [0.25, 0.3) is 0 Å². The molecule has 1 heterocycles. The summed E-state index contributed by atoms with van der Waals surface area (Å²) in [6.07, 6.45) is 4.11. The Kier molecular flexibility index (Phi) is 7.12. The van der Waals surface area contributed by atoms with Gasteiger partial charge in [-0.05, 0) is 42.3 Å². The molecule has 0 bridgehead atoms. The number of hydrogen-bond acceptors (Lipinski definition) is 5. The predicted octanol–water partition coefficient (Wildman–Crippen LogP) is 5.42. The molecular weight excluding hydrogens is 408 g/mol. The second kappa shape index (κ2) is 9.76. The van der Waals surface area contributed by atoms with Crippen molar-refractivity contribution in [2.75, 3.05) is 20.8 Å². The topological polar surface area (TPSA) is 51.7 Å². The van der Waals surface area contributed by atoms with E-state index < -0.39 is 0 Å². The third kappa shape index (κ3) is 5.28. The smallest absolute Gasteiger partial charge is 0.246 e. The molecule has 0 saturated carbocycles. The number of amides is 1. The van der Waals surface area contributed by atoms with E-state index in [0.717, 1.165) is 27.2 Å². The molecule has 0 unspecified atom stereocenters. The summed E-state index contributed by atoms with van der Waals surface area (Å²) < 4.78 is 12.2. The first-order chi connectivity index (χ1) is 14.0. The molecular formula is C22H23ClN2O3S. The first kappa shape index (κ1) is 21.1. The second-order valence-corrected chi connectivity index (χ2v) is 8.01. The Morgan fingerprint density at radius 2 is 2.10 bits per heavy atom. The minimum absolute atomic E-state index is 0.120. The number of fused-ring (bicyclic) bond motifs is 1. The highest BCUT2D eigenvalue weighted by Gasteiger charge is 2.13. The first-order valence-electron chi connectivity index (χ1n) is 9.29. The molecule has 0 radical (unpaired) electrons. The van der Waals surface area contributed by atoms with Crippen molar-refractivity contribution in [1.82, 2.24) is 9.88 Å². The van der Waals surface area contributed by atoms with E-state index in [4.69, 9.17) is 21.1 Å². The minimum atomic E-state index is -0.120. The molecule has 1 amide bonds. The van der Waals surface area contributed by atoms with Crippen LogP contribution in [-0.2, 0) is 11.3 Å². The Labute approximate surface area is 179 Å². The van der Waals surface area contributed by atoms with Gasteiger partial charge in [-0.25, -0.2) is 4.98 Å². The molecule has 0 aliphatic rings. The van der Waals surface area contributed by atoms with Crippen LogP contribution in [-0.4, -0.2) is 36.6 Å². The highest BCUT2D eigenvalue weighted by molar-refractivity contribution is 7.18. The van der Waals surface area contributed by atoms with E-state index in [9.17, 15) is 4.79 Å². The van der Waals surface area contributed by atoms with Crippen LogP contribution in [0.3, 0.4) is 0 Å². The lowest BCUT2D eigenvalue weighted by Crippen LogP contribution is -2.23. The molecule has 0 atom stereocenters. The molecule has 5 nitrogen and oxygen atoms in total. The molecule has 0 spiro atoms. The summed E-state index contributed by atoms with van der Waals surface area (Å²) in [5, 5.41) is 1.35. The summed E-state index contributed by atoms with van der Waals surface area (Å²) in [7, 11) is 3.32. The van der Waals surface area contributed by atoms with Crippen LogP contribution in [0.2, 0.25) is 5.02 Å². The largest absolute Gasteiger partial charge is 0.493 e. The van der Waals surface area contributed by atoms with Gasteiger partial charge < -0.3 is 14.4 Å². The first-order valence-corrected chi connectivity index (χ1v) is 10.5. The third-order valence-corrected chi connectivity index (χ3v) is 5.51. The number of carbonyl (C=O) groups is 1. The van der Waals surface area contributed by atoms with E-state index in [0.29, 0.717) is 29.7 Å². The van der Waals surface area contributed by atoms with E-state index in [1.54, 1.807) is 48.6 Å². The van der Waals surface area contributed by atoms with E-state index in [-0.39, 0.29) is 5.91 Å². The number of para-hydroxylation sites is 1. The molecule has 0 aliphatic heterocycles. The summed E-state index contributed by atoms with van der Waals surface area (Å²) in [4.78, 5) is 18.7. The number of aromatic nitrogens is 1. The number of thiazole rings is 1. The SMILES string of the molecule is CCCOc1c(Cl)cc(/C=C/C(=O)N(C)Cc2nc3ccccc3s2)cc1OC. The van der Waals surface area contributed by atoms with Gasteiger partial charge in [0.2, 0.25) is 5.91 Å². The zero-order valence-corrected chi connectivity index (χ0v) is 18.2. The van der Waals surface area contributed by atoms with E-state index in [2.05, 4.69) is 4.98 Å². The summed E-state index contributed by atoms with van der Waals surface area (Å²) in [6.45, 7) is 3.03. The monoisotopic (exact) mass is 430 g/mol. The number of benzene rings is 2. The molecule has 0 N–H and O–H groups in total. The standard InChI is InChI=1S/C22H23ClN2O3S/c1-4-11-28-22-16(23)12-15(13-18(22)27-3)9-10-21(26)25(2)14-20-24-17-7-5-6-8-19(17)29-20/h5-10,12-13H,4,11,14H2,1-3H3/b10-9+. The molecule has 152 valence electrons. The fraction of sp³-hybridized carbons (Fsp3) is 0.273. The van der Waals surface area contributed by atoms with Crippen LogP contribution >= 0.6 is 22.9 Å². The number of ether oxygens (including phenoxy) is 2. The lowest BCUT2D eigenvalue weighted by atomic mass is 10.2.